The van der Waals surface area contributed by atoms with Crippen molar-refractivity contribution in [2.75, 3.05) is 0 Å². The molecule has 5 heteroatoms. The second-order valence-corrected chi connectivity index (χ2v) is 3.57. The van der Waals surface area contributed by atoms with E-state index in [9.17, 15) is 9.59 Å². The summed E-state index contributed by atoms with van der Waals surface area (Å²) in [6.07, 6.45) is 2.08. The van der Waals surface area contributed by atoms with E-state index in [0.29, 0.717) is 12.8 Å². The van der Waals surface area contributed by atoms with Gasteiger partial charge >= 0.3 is 11.9 Å². The summed E-state index contributed by atoms with van der Waals surface area (Å²) in [6, 6.07) is 0. The second kappa shape index (κ2) is 2.23. The zero-order chi connectivity index (χ0) is 9.69. The van der Waals surface area contributed by atoms with Crippen molar-refractivity contribution < 1.29 is 24.5 Å². The number of epoxide rings is 1. The van der Waals surface area contributed by atoms with Gasteiger partial charge in [-0.05, 0) is 25.7 Å². The molecule has 2 fully saturated rings. The van der Waals surface area contributed by atoms with Crippen molar-refractivity contribution >= 4 is 11.9 Å². The Morgan fingerprint density at radius 3 is 1.69 bits per heavy atom. The van der Waals surface area contributed by atoms with Gasteiger partial charge in [-0.2, -0.15) is 0 Å². The summed E-state index contributed by atoms with van der Waals surface area (Å²) in [4.78, 5) is 21.7. The van der Waals surface area contributed by atoms with Gasteiger partial charge in [0.2, 0.25) is 11.2 Å². The maximum atomic E-state index is 10.8. The molecule has 0 aromatic carbocycles. The monoisotopic (exact) mass is 186 g/mol. The van der Waals surface area contributed by atoms with Crippen LogP contribution in [0.15, 0.2) is 0 Å². The Balaban J connectivity index is 2.32. The first-order valence-electron chi connectivity index (χ1n) is 4.22. The molecule has 72 valence electrons. The van der Waals surface area contributed by atoms with Crippen molar-refractivity contribution in [1.82, 2.24) is 0 Å². The largest absolute Gasteiger partial charge is 0.479 e. The zero-order valence-electron chi connectivity index (χ0n) is 6.95. The molecule has 2 aliphatic rings. The molecular weight excluding hydrogens is 176 g/mol. The highest BCUT2D eigenvalue weighted by atomic mass is 16.7. The molecule has 1 aliphatic carbocycles. The lowest BCUT2D eigenvalue weighted by Gasteiger charge is -2.17. The van der Waals surface area contributed by atoms with Crippen LogP contribution in [-0.4, -0.2) is 33.4 Å². The first-order valence-corrected chi connectivity index (χ1v) is 4.22. The fraction of sp³-hybridized carbons (Fsp3) is 0.750. The lowest BCUT2D eigenvalue weighted by atomic mass is 9.79. The highest BCUT2D eigenvalue weighted by Crippen LogP contribution is 2.57. The number of carbonyl (C=O) groups is 2. The fourth-order valence-electron chi connectivity index (χ4n) is 2.17. The van der Waals surface area contributed by atoms with Crippen LogP contribution in [0.3, 0.4) is 0 Å². The third-order valence-corrected chi connectivity index (χ3v) is 2.96. The summed E-state index contributed by atoms with van der Waals surface area (Å²) >= 11 is 0. The number of carboxylic acids is 2. The van der Waals surface area contributed by atoms with Gasteiger partial charge in [0.15, 0.2) is 0 Å². The average molecular weight is 186 g/mol. The first-order chi connectivity index (χ1) is 6.05. The first kappa shape index (κ1) is 8.50. The van der Waals surface area contributed by atoms with Crippen molar-refractivity contribution in [2.24, 2.45) is 0 Å². The molecule has 1 heterocycles. The lowest BCUT2D eigenvalue weighted by molar-refractivity contribution is -0.147. The van der Waals surface area contributed by atoms with Crippen LogP contribution in [0.2, 0.25) is 0 Å². The molecule has 0 radical (unpaired) electrons. The molecule has 2 rings (SSSR count). The van der Waals surface area contributed by atoms with E-state index in [1.165, 1.54) is 0 Å². The number of carboxylic acid groups (broad SMARTS) is 2. The normalized spacial score (nSPS) is 42.2. The van der Waals surface area contributed by atoms with Gasteiger partial charge < -0.3 is 14.9 Å². The highest BCUT2D eigenvalue weighted by Gasteiger charge is 2.80. The van der Waals surface area contributed by atoms with E-state index in [1.54, 1.807) is 0 Å². The molecule has 2 atom stereocenters. The quantitative estimate of drug-likeness (QED) is 0.603. The third kappa shape index (κ3) is 0.798. The maximum absolute atomic E-state index is 10.8. The van der Waals surface area contributed by atoms with Gasteiger partial charge in [-0.15, -0.1) is 0 Å². The predicted octanol–water partition coefficient (Wildman–Crippen LogP) is 0.237. The van der Waals surface area contributed by atoms with Crippen LogP contribution in [0.5, 0.6) is 0 Å². The molecule has 1 saturated carbocycles. The van der Waals surface area contributed by atoms with Crippen LogP contribution in [0.25, 0.3) is 0 Å². The van der Waals surface area contributed by atoms with Crippen LogP contribution in [-0.2, 0) is 14.3 Å². The number of hydrogen-bond acceptors (Lipinski definition) is 3. The third-order valence-electron chi connectivity index (χ3n) is 2.96. The van der Waals surface area contributed by atoms with Crippen LogP contribution in [0.1, 0.15) is 25.7 Å². The minimum Gasteiger partial charge on any atom is -0.479 e. The number of rotatable bonds is 2. The smallest absolute Gasteiger partial charge is 0.339 e. The Labute approximate surface area is 74.3 Å². The molecule has 2 N–H and O–H groups in total. The van der Waals surface area contributed by atoms with Crippen LogP contribution in [0, 0.1) is 0 Å². The molecule has 0 aromatic heterocycles. The number of aliphatic carboxylic acids is 2. The molecule has 2 unspecified atom stereocenters. The Kier molecular flexibility index (Phi) is 1.46. The Morgan fingerprint density at radius 2 is 1.38 bits per heavy atom. The van der Waals surface area contributed by atoms with Crippen LogP contribution in [0.4, 0.5) is 0 Å². The molecule has 0 aromatic rings. The van der Waals surface area contributed by atoms with E-state index in [2.05, 4.69) is 0 Å². The topological polar surface area (TPSA) is 87.1 Å². The molecular formula is C8H10O5. The van der Waals surface area contributed by atoms with E-state index in [0.717, 1.165) is 12.8 Å². The molecule has 13 heavy (non-hydrogen) atoms. The van der Waals surface area contributed by atoms with E-state index in [4.69, 9.17) is 14.9 Å². The predicted molar refractivity (Wildman–Crippen MR) is 40.3 cm³/mol. The summed E-state index contributed by atoms with van der Waals surface area (Å²) in [7, 11) is 0. The van der Waals surface area contributed by atoms with E-state index < -0.39 is 23.1 Å². The molecule has 0 amide bonds. The van der Waals surface area contributed by atoms with Crippen molar-refractivity contribution in [3.05, 3.63) is 0 Å². The standard InChI is InChI=1S/C8H10O5/c9-5(10)7-3-1-2-4-8(7,13-7)6(11)12/h1-4H2,(H,9,10)(H,11,12). The van der Waals surface area contributed by atoms with Crippen molar-refractivity contribution in [1.29, 1.82) is 0 Å². The SMILES string of the molecule is O=C(O)C12CCCCC1(C(=O)O)O2. The van der Waals surface area contributed by atoms with E-state index >= 15 is 0 Å². The van der Waals surface area contributed by atoms with Crippen molar-refractivity contribution in [2.45, 2.75) is 36.9 Å². The minimum atomic E-state index is -1.42. The van der Waals surface area contributed by atoms with Crippen molar-refractivity contribution in [3.63, 3.8) is 0 Å². The summed E-state index contributed by atoms with van der Waals surface area (Å²) in [5.74, 6) is -2.29. The summed E-state index contributed by atoms with van der Waals surface area (Å²) in [6.45, 7) is 0. The zero-order valence-corrected chi connectivity index (χ0v) is 6.95. The highest BCUT2D eigenvalue weighted by molar-refractivity contribution is 5.96. The van der Waals surface area contributed by atoms with Crippen LogP contribution >= 0.6 is 0 Å². The Bertz CT molecular complexity index is 258. The number of fused-ring (bicyclic) bond motifs is 1. The van der Waals surface area contributed by atoms with E-state index in [-0.39, 0.29) is 0 Å². The van der Waals surface area contributed by atoms with E-state index in [1.807, 2.05) is 0 Å². The number of ether oxygens (including phenoxy) is 1. The van der Waals surface area contributed by atoms with Gasteiger partial charge in [-0.3, -0.25) is 0 Å². The van der Waals surface area contributed by atoms with Gasteiger partial charge in [-0.25, -0.2) is 9.59 Å². The Hall–Kier alpha value is -1.10. The van der Waals surface area contributed by atoms with Gasteiger partial charge in [0.25, 0.3) is 0 Å². The second-order valence-electron chi connectivity index (χ2n) is 3.57. The fourth-order valence-corrected chi connectivity index (χ4v) is 2.17. The molecule has 5 nitrogen and oxygen atoms in total. The minimum absolute atomic E-state index is 0.314. The molecule has 0 spiro atoms. The van der Waals surface area contributed by atoms with Gasteiger partial charge in [0.1, 0.15) is 0 Å². The summed E-state index contributed by atoms with van der Waals surface area (Å²) < 4.78 is 4.98. The molecule has 1 aliphatic heterocycles. The molecule has 0 bridgehead atoms. The van der Waals surface area contributed by atoms with Crippen molar-refractivity contribution in [3.8, 4) is 0 Å². The Morgan fingerprint density at radius 1 is 1.00 bits per heavy atom. The lowest BCUT2D eigenvalue weighted by Crippen LogP contribution is -2.42. The van der Waals surface area contributed by atoms with Crippen LogP contribution < -0.4 is 0 Å². The molecule has 1 saturated heterocycles. The summed E-state index contributed by atoms with van der Waals surface area (Å²) in [5.41, 5.74) is -2.84. The van der Waals surface area contributed by atoms with Gasteiger partial charge in [0.05, 0.1) is 0 Å². The number of hydrogen-bond donors (Lipinski definition) is 2. The average Bonchev–Trinajstić information content (AvgIpc) is 2.75. The van der Waals surface area contributed by atoms with Gasteiger partial charge in [0, 0.05) is 0 Å². The van der Waals surface area contributed by atoms with Gasteiger partial charge in [-0.1, -0.05) is 0 Å². The summed E-state index contributed by atoms with van der Waals surface area (Å²) in [5, 5.41) is 17.7. The maximum Gasteiger partial charge on any atom is 0.339 e.